The number of rotatable bonds is 7. The van der Waals surface area contributed by atoms with E-state index in [2.05, 4.69) is 21.9 Å². The molecular formula is C15H24N2O2. The van der Waals surface area contributed by atoms with Gasteiger partial charge >= 0.3 is 0 Å². The van der Waals surface area contributed by atoms with Crippen molar-refractivity contribution in [2.24, 2.45) is 0 Å². The summed E-state index contributed by atoms with van der Waals surface area (Å²) in [5.74, 6) is 0. The normalized spacial score (nSPS) is 16.5. The maximum atomic E-state index is 9.18. The molecule has 4 heteroatoms. The number of hydrogen-bond acceptors (Lipinski definition) is 4. The molecule has 1 fully saturated rings. The molecule has 1 heterocycles. The fourth-order valence-electron chi connectivity index (χ4n) is 2.44. The van der Waals surface area contributed by atoms with Gasteiger partial charge in [-0.3, -0.25) is 4.90 Å². The van der Waals surface area contributed by atoms with Crippen molar-refractivity contribution in [3.05, 3.63) is 30.3 Å². The monoisotopic (exact) mass is 264 g/mol. The van der Waals surface area contributed by atoms with Crippen LogP contribution in [-0.4, -0.2) is 62.6 Å². The van der Waals surface area contributed by atoms with E-state index in [1.807, 2.05) is 18.2 Å². The van der Waals surface area contributed by atoms with Crippen LogP contribution in [0.5, 0.6) is 0 Å². The van der Waals surface area contributed by atoms with E-state index >= 15 is 0 Å². The Hall–Kier alpha value is -1.10. The van der Waals surface area contributed by atoms with E-state index in [1.54, 1.807) is 0 Å². The van der Waals surface area contributed by atoms with E-state index in [4.69, 9.17) is 4.74 Å². The number of aliphatic hydroxyl groups is 1. The Morgan fingerprint density at radius 2 is 1.84 bits per heavy atom. The lowest BCUT2D eigenvalue weighted by molar-refractivity contribution is 0.0376. The summed E-state index contributed by atoms with van der Waals surface area (Å²) in [6, 6.07) is 10.3. The summed E-state index contributed by atoms with van der Waals surface area (Å²) in [6.45, 7) is 6.81. The summed E-state index contributed by atoms with van der Waals surface area (Å²) in [5, 5.41) is 9.18. The summed E-state index contributed by atoms with van der Waals surface area (Å²) in [6.07, 6.45) is 1.12. The van der Waals surface area contributed by atoms with E-state index in [-0.39, 0.29) is 6.61 Å². The molecular weight excluding hydrogens is 240 g/mol. The summed E-state index contributed by atoms with van der Waals surface area (Å²) in [7, 11) is 0. The average Bonchev–Trinajstić information content (AvgIpc) is 2.48. The van der Waals surface area contributed by atoms with Gasteiger partial charge in [-0.2, -0.15) is 0 Å². The first-order chi connectivity index (χ1) is 9.40. The first kappa shape index (κ1) is 14.3. The molecule has 2 rings (SSSR count). The minimum absolute atomic E-state index is 0.201. The van der Waals surface area contributed by atoms with Crippen LogP contribution in [0.1, 0.15) is 6.42 Å². The first-order valence-corrected chi connectivity index (χ1v) is 7.11. The molecule has 0 radical (unpaired) electrons. The summed E-state index contributed by atoms with van der Waals surface area (Å²) < 4.78 is 5.35. The van der Waals surface area contributed by atoms with E-state index in [1.165, 1.54) is 5.69 Å². The molecule has 0 unspecified atom stereocenters. The van der Waals surface area contributed by atoms with Gasteiger partial charge in [-0.05, 0) is 18.6 Å². The second-order valence-electron chi connectivity index (χ2n) is 4.85. The minimum atomic E-state index is 0.201. The lowest BCUT2D eigenvalue weighted by Crippen LogP contribution is -2.38. The van der Waals surface area contributed by atoms with Crippen molar-refractivity contribution in [3.63, 3.8) is 0 Å². The SMILES string of the molecule is OCCN(CCCN1CCOCC1)c1ccccc1. The van der Waals surface area contributed by atoms with Crippen LogP contribution in [0.15, 0.2) is 30.3 Å². The van der Waals surface area contributed by atoms with Gasteiger partial charge < -0.3 is 14.7 Å². The molecule has 0 atom stereocenters. The zero-order chi connectivity index (χ0) is 13.3. The van der Waals surface area contributed by atoms with Crippen LogP contribution in [0.25, 0.3) is 0 Å². The zero-order valence-electron chi connectivity index (χ0n) is 11.5. The summed E-state index contributed by atoms with van der Waals surface area (Å²) >= 11 is 0. The molecule has 1 aliphatic heterocycles. The molecule has 0 bridgehead atoms. The van der Waals surface area contributed by atoms with E-state index in [0.717, 1.165) is 45.8 Å². The number of aliphatic hydroxyl groups excluding tert-OH is 1. The standard InChI is InChI=1S/C15H24N2O2/c18-12-9-17(15-5-2-1-3-6-15)8-4-7-16-10-13-19-14-11-16/h1-3,5-6,18H,4,7-14H2. The Morgan fingerprint density at radius 1 is 1.11 bits per heavy atom. The third-order valence-corrected chi connectivity index (χ3v) is 3.50. The van der Waals surface area contributed by atoms with Gasteiger partial charge in [0.25, 0.3) is 0 Å². The Bertz CT molecular complexity index is 339. The Balaban J connectivity index is 1.77. The van der Waals surface area contributed by atoms with Crippen LogP contribution in [0.3, 0.4) is 0 Å². The Kier molecular flexibility index (Phi) is 6.14. The van der Waals surface area contributed by atoms with Gasteiger partial charge in [-0.15, -0.1) is 0 Å². The van der Waals surface area contributed by atoms with Crippen LogP contribution in [-0.2, 0) is 4.74 Å². The van der Waals surface area contributed by atoms with E-state index in [0.29, 0.717) is 6.54 Å². The van der Waals surface area contributed by atoms with Gasteiger partial charge in [0.2, 0.25) is 0 Å². The van der Waals surface area contributed by atoms with E-state index in [9.17, 15) is 5.11 Å². The molecule has 0 saturated carbocycles. The van der Waals surface area contributed by atoms with Crippen molar-refractivity contribution in [1.82, 2.24) is 4.90 Å². The fraction of sp³-hybridized carbons (Fsp3) is 0.600. The predicted molar refractivity (Wildman–Crippen MR) is 77.6 cm³/mol. The molecule has 0 aromatic heterocycles. The molecule has 0 aliphatic carbocycles. The van der Waals surface area contributed by atoms with E-state index < -0.39 is 0 Å². The molecule has 1 aliphatic rings. The van der Waals surface area contributed by atoms with Crippen molar-refractivity contribution in [2.45, 2.75) is 6.42 Å². The molecule has 1 aromatic rings. The smallest absolute Gasteiger partial charge is 0.0606 e. The predicted octanol–water partition coefficient (Wildman–Crippen LogP) is 1.21. The molecule has 0 spiro atoms. The molecule has 0 amide bonds. The minimum Gasteiger partial charge on any atom is -0.395 e. The van der Waals surface area contributed by atoms with Crippen molar-refractivity contribution in [1.29, 1.82) is 0 Å². The maximum Gasteiger partial charge on any atom is 0.0606 e. The van der Waals surface area contributed by atoms with Crippen LogP contribution >= 0.6 is 0 Å². The number of para-hydroxylation sites is 1. The Labute approximate surface area is 115 Å². The lowest BCUT2D eigenvalue weighted by Gasteiger charge is -2.29. The van der Waals surface area contributed by atoms with Crippen LogP contribution in [0, 0.1) is 0 Å². The highest BCUT2D eigenvalue weighted by Crippen LogP contribution is 2.13. The van der Waals surface area contributed by atoms with Gasteiger partial charge in [-0.1, -0.05) is 18.2 Å². The quantitative estimate of drug-likeness (QED) is 0.803. The number of morpholine rings is 1. The zero-order valence-corrected chi connectivity index (χ0v) is 11.5. The fourth-order valence-corrected chi connectivity index (χ4v) is 2.44. The highest BCUT2D eigenvalue weighted by molar-refractivity contribution is 5.45. The number of ether oxygens (including phenoxy) is 1. The first-order valence-electron chi connectivity index (χ1n) is 7.11. The highest BCUT2D eigenvalue weighted by Gasteiger charge is 2.11. The largest absolute Gasteiger partial charge is 0.395 e. The number of anilines is 1. The Morgan fingerprint density at radius 3 is 2.53 bits per heavy atom. The van der Waals surface area contributed by atoms with Crippen molar-refractivity contribution >= 4 is 5.69 Å². The van der Waals surface area contributed by atoms with Crippen molar-refractivity contribution < 1.29 is 9.84 Å². The molecule has 1 aromatic carbocycles. The van der Waals surface area contributed by atoms with Gasteiger partial charge in [0.05, 0.1) is 19.8 Å². The average molecular weight is 264 g/mol. The van der Waals surface area contributed by atoms with Crippen molar-refractivity contribution in [2.75, 3.05) is 57.4 Å². The molecule has 106 valence electrons. The van der Waals surface area contributed by atoms with Crippen LogP contribution in [0.4, 0.5) is 5.69 Å². The maximum absolute atomic E-state index is 9.18. The summed E-state index contributed by atoms with van der Waals surface area (Å²) in [4.78, 5) is 4.70. The lowest BCUT2D eigenvalue weighted by atomic mass is 10.2. The molecule has 1 N–H and O–H groups in total. The number of hydrogen-bond donors (Lipinski definition) is 1. The second kappa shape index (κ2) is 8.15. The topological polar surface area (TPSA) is 35.9 Å². The molecule has 4 nitrogen and oxygen atoms in total. The van der Waals surface area contributed by atoms with Crippen molar-refractivity contribution in [3.8, 4) is 0 Å². The third-order valence-electron chi connectivity index (χ3n) is 3.50. The summed E-state index contributed by atoms with van der Waals surface area (Å²) in [5.41, 5.74) is 1.19. The van der Waals surface area contributed by atoms with Gasteiger partial charge in [0, 0.05) is 38.4 Å². The van der Waals surface area contributed by atoms with Gasteiger partial charge in [0.1, 0.15) is 0 Å². The number of nitrogens with zero attached hydrogens (tertiary/aromatic N) is 2. The van der Waals surface area contributed by atoms with Gasteiger partial charge in [-0.25, -0.2) is 0 Å². The highest BCUT2D eigenvalue weighted by atomic mass is 16.5. The van der Waals surface area contributed by atoms with Crippen LogP contribution < -0.4 is 4.90 Å². The van der Waals surface area contributed by atoms with Crippen LogP contribution in [0.2, 0.25) is 0 Å². The van der Waals surface area contributed by atoms with Gasteiger partial charge in [0.15, 0.2) is 0 Å². The third kappa shape index (κ3) is 4.82. The molecule has 1 saturated heterocycles. The second-order valence-corrected chi connectivity index (χ2v) is 4.85. The molecule has 19 heavy (non-hydrogen) atoms. The number of benzene rings is 1.